The monoisotopic (exact) mass is 231 g/mol. The number of hydrogen-bond acceptors (Lipinski definition) is 2. The summed E-state index contributed by atoms with van der Waals surface area (Å²) in [6, 6.07) is 7.02. The summed E-state index contributed by atoms with van der Waals surface area (Å²) in [5, 5.41) is 3.39. The fourth-order valence-electron chi connectivity index (χ4n) is 2.49. The summed E-state index contributed by atoms with van der Waals surface area (Å²) < 4.78 is 5.18. The summed E-state index contributed by atoms with van der Waals surface area (Å²) in [6.45, 7) is 0.791. The number of methoxy groups -OCH3 is 1. The lowest BCUT2D eigenvalue weighted by molar-refractivity contribution is 0.184. The fourth-order valence-corrected chi connectivity index (χ4v) is 2.49. The van der Waals surface area contributed by atoms with Crippen molar-refractivity contribution in [3.05, 3.63) is 41.0 Å². The molecule has 92 valence electrons. The first kappa shape index (κ1) is 12.3. The zero-order valence-electron chi connectivity index (χ0n) is 10.7. The molecule has 0 heterocycles. The smallest absolute Gasteiger partial charge is 0.0480 e. The highest BCUT2D eigenvalue weighted by molar-refractivity contribution is 5.61. The van der Waals surface area contributed by atoms with Crippen molar-refractivity contribution in [2.75, 3.05) is 20.8 Å². The quantitative estimate of drug-likeness (QED) is 0.841. The third kappa shape index (κ3) is 2.76. The molecule has 0 aliphatic heterocycles. The van der Waals surface area contributed by atoms with E-state index >= 15 is 0 Å². The molecular formula is C15H21NO. The van der Waals surface area contributed by atoms with Crippen molar-refractivity contribution in [3.8, 4) is 0 Å². The van der Waals surface area contributed by atoms with Crippen LogP contribution in [-0.4, -0.2) is 20.8 Å². The number of fused-ring (bicyclic) bond motifs is 1. The van der Waals surface area contributed by atoms with Gasteiger partial charge in [-0.05, 0) is 43.0 Å². The van der Waals surface area contributed by atoms with Crippen LogP contribution in [0.5, 0.6) is 0 Å². The van der Waals surface area contributed by atoms with Crippen molar-refractivity contribution in [3.63, 3.8) is 0 Å². The van der Waals surface area contributed by atoms with E-state index in [-0.39, 0.29) is 0 Å². The van der Waals surface area contributed by atoms with E-state index in [1.807, 2.05) is 7.05 Å². The summed E-state index contributed by atoms with van der Waals surface area (Å²) in [6.07, 6.45) is 7.89. The molecule has 1 atom stereocenters. The number of benzene rings is 1. The molecule has 1 N–H and O–H groups in total. The molecule has 2 rings (SSSR count). The van der Waals surface area contributed by atoms with Crippen molar-refractivity contribution in [1.82, 2.24) is 5.32 Å². The van der Waals surface area contributed by atoms with Crippen LogP contribution in [0.2, 0.25) is 0 Å². The Balaban J connectivity index is 2.28. The minimum Gasteiger partial charge on any atom is -0.385 e. The highest BCUT2D eigenvalue weighted by atomic mass is 16.5. The third-order valence-electron chi connectivity index (χ3n) is 3.43. The molecule has 0 fully saturated rings. The van der Waals surface area contributed by atoms with Crippen LogP contribution in [0.1, 0.15) is 35.6 Å². The first-order chi connectivity index (χ1) is 8.36. The largest absolute Gasteiger partial charge is 0.385 e. The van der Waals surface area contributed by atoms with Crippen LogP contribution in [0, 0.1) is 0 Å². The molecule has 0 saturated heterocycles. The average molecular weight is 231 g/mol. The molecule has 2 heteroatoms. The summed E-state index contributed by atoms with van der Waals surface area (Å²) in [5.74, 6) is 0. The molecule has 0 radical (unpaired) electrons. The fraction of sp³-hybridized carbons (Fsp3) is 0.467. The van der Waals surface area contributed by atoms with Gasteiger partial charge in [-0.15, -0.1) is 0 Å². The summed E-state index contributed by atoms with van der Waals surface area (Å²) in [5.41, 5.74) is 4.29. The SMILES string of the molecule is CNC(CCOC)c1cccc2c1C=CCC2. The lowest BCUT2D eigenvalue weighted by Crippen LogP contribution is -2.19. The van der Waals surface area contributed by atoms with Crippen LogP contribution in [0.15, 0.2) is 24.3 Å². The Kier molecular flexibility index (Phi) is 4.35. The second-order valence-electron chi connectivity index (χ2n) is 4.48. The van der Waals surface area contributed by atoms with Crippen molar-refractivity contribution in [1.29, 1.82) is 0 Å². The molecular weight excluding hydrogens is 210 g/mol. The Morgan fingerprint density at radius 1 is 1.41 bits per heavy atom. The van der Waals surface area contributed by atoms with Gasteiger partial charge in [-0.25, -0.2) is 0 Å². The van der Waals surface area contributed by atoms with Crippen LogP contribution >= 0.6 is 0 Å². The molecule has 0 bridgehead atoms. The van der Waals surface area contributed by atoms with Crippen LogP contribution in [0.25, 0.3) is 6.08 Å². The van der Waals surface area contributed by atoms with Crippen LogP contribution in [0.4, 0.5) is 0 Å². The average Bonchev–Trinajstić information content (AvgIpc) is 2.40. The van der Waals surface area contributed by atoms with Crippen LogP contribution in [-0.2, 0) is 11.2 Å². The first-order valence-electron chi connectivity index (χ1n) is 6.31. The lowest BCUT2D eigenvalue weighted by Gasteiger charge is -2.22. The van der Waals surface area contributed by atoms with E-state index < -0.39 is 0 Å². The maximum absolute atomic E-state index is 5.18. The van der Waals surface area contributed by atoms with Gasteiger partial charge in [0.15, 0.2) is 0 Å². The Morgan fingerprint density at radius 3 is 3.06 bits per heavy atom. The Bertz CT molecular complexity index is 398. The summed E-state index contributed by atoms with van der Waals surface area (Å²) in [7, 11) is 3.78. The molecule has 0 aromatic heterocycles. The maximum atomic E-state index is 5.18. The van der Waals surface area contributed by atoms with Gasteiger partial charge in [0.2, 0.25) is 0 Å². The van der Waals surface area contributed by atoms with Gasteiger partial charge in [0.05, 0.1) is 0 Å². The second-order valence-corrected chi connectivity index (χ2v) is 4.48. The van der Waals surface area contributed by atoms with Gasteiger partial charge in [0.1, 0.15) is 0 Å². The summed E-state index contributed by atoms with van der Waals surface area (Å²) in [4.78, 5) is 0. The number of aryl methyl sites for hydroxylation is 1. The number of ether oxygens (including phenoxy) is 1. The molecule has 2 nitrogen and oxygen atoms in total. The topological polar surface area (TPSA) is 21.3 Å². The third-order valence-corrected chi connectivity index (χ3v) is 3.43. The van der Waals surface area contributed by atoms with Crippen molar-refractivity contribution in [2.24, 2.45) is 0 Å². The van der Waals surface area contributed by atoms with Gasteiger partial charge in [-0.2, -0.15) is 0 Å². The van der Waals surface area contributed by atoms with Crippen molar-refractivity contribution < 1.29 is 4.74 Å². The van der Waals surface area contributed by atoms with Gasteiger partial charge in [-0.3, -0.25) is 0 Å². The number of nitrogens with one attached hydrogen (secondary N) is 1. The van der Waals surface area contributed by atoms with Crippen LogP contribution < -0.4 is 5.32 Å². The number of allylic oxidation sites excluding steroid dienone is 1. The molecule has 1 aromatic rings. The van der Waals surface area contributed by atoms with E-state index in [1.165, 1.54) is 29.5 Å². The van der Waals surface area contributed by atoms with E-state index in [0.717, 1.165) is 13.0 Å². The predicted octanol–water partition coefficient (Wildman–Crippen LogP) is 2.94. The Hall–Kier alpha value is -1.12. The van der Waals surface area contributed by atoms with E-state index in [1.54, 1.807) is 7.11 Å². The Morgan fingerprint density at radius 2 is 2.29 bits per heavy atom. The van der Waals surface area contributed by atoms with Gasteiger partial charge >= 0.3 is 0 Å². The molecule has 0 saturated carbocycles. The zero-order valence-corrected chi connectivity index (χ0v) is 10.7. The van der Waals surface area contributed by atoms with E-state index in [4.69, 9.17) is 4.74 Å². The molecule has 0 spiro atoms. The van der Waals surface area contributed by atoms with Gasteiger partial charge in [-0.1, -0.05) is 30.4 Å². The lowest BCUT2D eigenvalue weighted by atomic mass is 9.89. The second kappa shape index (κ2) is 5.99. The number of rotatable bonds is 5. The van der Waals surface area contributed by atoms with Crippen molar-refractivity contribution in [2.45, 2.75) is 25.3 Å². The first-order valence-corrected chi connectivity index (χ1v) is 6.31. The molecule has 17 heavy (non-hydrogen) atoms. The maximum Gasteiger partial charge on any atom is 0.0480 e. The van der Waals surface area contributed by atoms with Gasteiger partial charge < -0.3 is 10.1 Å². The Labute approximate surface area is 104 Å². The van der Waals surface area contributed by atoms with E-state index in [2.05, 4.69) is 35.7 Å². The standard InChI is InChI=1S/C15H21NO/c1-16-15(10-11-17-2)14-9-5-7-12-6-3-4-8-13(12)14/h4-5,7-9,15-16H,3,6,10-11H2,1-2H3. The van der Waals surface area contributed by atoms with E-state index in [0.29, 0.717) is 6.04 Å². The van der Waals surface area contributed by atoms with Crippen LogP contribution in [0.3, 0.4) is 0 Å². The minimum absolute atomic E-state index is 0.382. The molecule has 1 aromatic carbocycles. The highest BCUT2D eigenvalue weighted by Crippen LogP contribution is 2.28. The van der Waals surface area contributed by atoms with Gasteiger partial charge in [0, 0.05) is 19.8 Å². The highest BCUT2D eigenvalue weighted by Gasteiger charge is 2.15. The normalized spacial score (nSPS) is 15.6. The van der Waals surface area contributed by atoms with Crippen molar-refractivity contribution >= 4 is 6.08 Å². The predicted molar refractivity (Wildman–Crippen MR) is 72.1 cm³/mol. The molecule has 1 unspecified atom stereocenters. The zero-order chi connectivity index (χ0) is 12.1. The minimum atomic E-state index is 0.382. The van der Waals surface area contributed by atoms with Gasteiger partial charge in [0.25, 0.3) is 0 Å². The molecule has 1 aliphatic rings. The molecule has 1 aliphatic carbocycles. The number of hydrogen-bond donors (Lipinski definition) is 1. The van der Waals surface area contributed by atoms with E-state index in [9.17, 15) is 0 Å². The molecule has 0 amide bonds. The summed E-state index contributed by atoms with van der Waals surface area (Å²) >= 11 is 0.